The molecule has 1 unspecified atom stereocenters. The highest BCUT2D eigenvalue weighted by Crippen LogP contribution is 2.19. The molecule has 0 saturated carbocycles. The fraction of sp³-hybridized carbons (Fsp3) is 0.294. The topological polar surface area (TPSA) is 49.4 Å². The van der Waals surface area contributed by atoms with Gasteiger partial charge < -0.3 is 10.2 Å². The minimum atomic E-state index is -0.197. The molecule has 0 spiro atoms. The molecule has 1 atom stereocenters. The van der Waals surface area contributed by atoms with E-state index in [4.69, 9.17) is 6.42 Å². The van der Waals surface area contributed by atoms with Gasteiger partial charge in [-0.3, -0.25) is 9.59 Å². The summed E-state index contributed by atoms with van der Waals surface area (Å²) in [5, 5.41) is 2.87. The number of hydrogen-bond acceptors (Lipinski definition) is 2. The lowest BCUT2D eigenvalue weighted by atomic mass is 9.97. The predicted octanol–water partition coefficient (Wildman–Crippen LogP) is 2.03. The molecule has 0 aromatic heterocycles. The smallest absolute Gasteiger partial charge is 0.245 e. The average molecular weight is 282 g/mol. The first-order valence-electron chi connectivity index (χ1n) is 6.93. The van der Waals surface area contributed by atoms with Crippen LogP contribution in [0.4, 0.5) is 5.69 Å². The minimum absolute atomic E-state index is 0.0780. The standard InChI is InChI=1S/C17H18N2O2/c1-3-13-7-5-9-15(11-13)18-17(21)14-8-6-10-19(12-14)16(20)4-2/h1,4-5,7,9,11,14H,2,6,8,10,12H2,(H,18,21). The van der Waals surface area contributed by atoms with Crippen LogP contribution in [0.1, 0.15) is 18.4 Å². The Morgan fingerprint density at radius 2 is 2.29 bits per heavy atom. The highest BCUT2D eigenvalue weighted by molar-refractivity contribution is 5.94. The van der Waals surface area contributed by atoms with E-state index in [-0.39, 0.29) is 17.7 Å². The van der Waals surface area contributed by atoms with Gasteiger partial charge in [0.2, 0.25) is 11.8 Å². The SMILES string of the molecule is C#Cc1cccc(NC(=O)C2CCCN(C(=O)C=C)C2)c1. The highest BCUT2D eigenvalue weighted by Gasteiger charge is 2.27. The Balaban J connectivity index is 2.01. The van der Waals surface area contributed by atoms with Crippen molar-refractivity contribution in [3.63, 3.8) is 0 Å². The molecule has 108 valence electrons. The summed E-state index contributed by atoms with van der Waals surface area (Å²) >= 11 is 0. The third-order valence-electron chi connectivity index (χ3n) is 3.58. The second kappa shape index (κ2) is 6.76. The number of likely N-dealkylation sites (tertiary alicyclic amines) is 1. The second-order valence-electron chi connectivity index (χ2n) is 5.04. The zero-order valence-corrected chi connectivity index (χ0v) is 11.8. The molecule has 0 bridgehead atoms. The second-order valence-corrected chi connectivity index (χ2v) is 5.04. The van der Waals surface area contributed by atoms with Crippen LogP contribution in [0.3, 0.4) is 0 Å². The van der Waals surface area contributed by atoms with Gasteiger partial charge in [0.1, 0.15) is 0 Å². The van der Waals surface area contributed by atoms with Crippen LogP contribution in [0, 0.1) is 18.3 Å². The Morgan fingerprint density at radius 3 is 3.00 bits per heavy atom. The lowest BCUT2D eigenvalue weighted by Crippen LogP contribution is -2.43. The van der Waals surface area contributed by atoms with Gasteiger partial charge in [-0.1, -0.05) is 18.6 Å². The van der Waals surface area contributed by atoms with E-state index >= 15 is 0 Å². The van der Waals surface area contributed by atoms with Gasteiger partial charge in [-0.15, -0.1) is 6.42 Å². The minimum Gasteiger partial charge on any atom is -0.338 e. The Labute approximate surface area is 124 Å². The van der Waals surface area contributed by atoms with E-state index in [2.05, 4.69) is 17.8 Å². The number of anilines is 1. The van der Waals surface area contributed by atoms with Crippen LogP contribution in [0.25, 0.3) is 0 Å². The number of amides is 2. The van der Waals surface area contributed by atoms with Crippen LogP contribution in [0.2, 0.25) is 0 Å². The third-order valence-corrected chi connectivity index (χ3v) is 3.58. The van der Waals surface area contributed by atoms with E-state index in [1.165, 1.54) is 6.08 Å². The lowest BCUT2D eigenvalue weighted by Gasteiger charge is -2.31. The van der Waals surface area contributed by atoms with Gasteiger partial charge >= 0.3 is 0 Å². The van der Waals surface area contributed by atoms with Crippen molar-refractivity contribution >= 4 is 17.5 Å². The van der Waals surface area contributed by atoms with Crippen LogP contribution in [0.15, 0.2) is 36.9 Å². The molecule has 1 aliphatic heterocycles. The largest absolute Gasteiger partial charge is 0.338 e. The van der Waals surface area contributed by atoms with Crippen LogP contribution in [0.5, 0.6) is 0 Å². The molecule has 0 radical (unpaired) electrons. The van der Waals surface area contributed by atoms with E-state index in [1.807, 2.05) is 0 Å². The molecule has 1 N–H and O–H groups in total. The third kappa shape index (κ3) is 3.73. The summed E-state index contributed by atoms with van der Waals surface area (Å²) in [5.74, 6) is 2.14. The molecule has 2 rings (SSSR count). The maximum Gasteiger partial charge on any atom is 0.245 e. The maximum atomic E-state index is 12.3. The number of terminal acetylenes is 1. The molecule has 2 amide bonds. The first kappa shape index (κ1) is 14.9. The van der Waals surface area contributed by atoms with E-state index in [1.54, 1.807) is 29.2 Å². The van der Waals surface area contributed by atoms with Crippen molar-refractivity contribution in [2.75, 3.05) is 18.4 Å². The Hall–Kier alpha value is -2.54. The zero-order valence-electron chi connectivity index (χ0n) is 11.8. The predicted molar refractivity (Wildman–Crippen MR) is 82.5 cm³/mol. The molecule has 4 nitrogen and oxygen atoms in total. The van der Waals surface area contributed by atoms with Crippen molar-refractivity contribution in [3.8, 4) is 12.3 Å². The monoisotopic (exact) mass is 282 g/mol. The van der Waals surface area contributed by atoms with Gasteiger partial charge in [0, 0.05) is 24.3 Å². The number of nitrogens with one attached hydrogen (secondary N) is 1. The molecule has 1 heterocycles. The summed E-state index contributed by atoms with van der Waals surface area (Å²) in [4.78, 5) is 25.6. The van der Waals surface area contributed by atoms with Crippen molar-refractivity contribution in [1.29, 1.82) is 0 Å². The Kier molecular flexibility index (Phi) is 4.78. The van der Waals surface area contributed by atoms with Crippen LogP contribution in [-0.4, -0.2) is 29.8 Å². The zero-order chi connectivity index (χ0) is 15.2. The molecular formula is C17H18N2O2. The lowest BCUT2D eigenvalue weighted by molar-refractivity contribution is -0.130. The van der Waals surface area contributed by atoms with Gasteiger partial charge in [0.15, 0.2) is 0 Å². The summed E-state index contributed by atoms with van der Waals surface area (Å²) < 4.78 is 0. The summed E-state index contributed by atoms with van der Waals surface area (Å²) in [5.41, 5.74) is 1.41. The summed E-state index contributed by atoms with van der Waals surface area (Å²) in [6.45, 7) is 4.60. The van der Waals surface area contributed by atoms with Crippen molar-refractivity contribution in [3.05, 3.63) is 42.5 Å². The van der Waals surface area contributed by atoms with Crippen molar-refractivity contribution < 1.29 is 9.59 Å². The molecule has 4 heteroatoms. The molecule has 1 aliphatic rings. The summed E-state index contributed by atoms with van der Waals surface area (Å²) in [7, 11) is 0. The van der Waals surface area contributed by atoms with Gasteiger partial charge in [-0.05, 0) is 37.1 Å². The van der Waals surface area contributed by atoms with Crippen LogP contribution in [-0.2, 0) is 9.59 Å². The average Bonchev–Trinajstić information content (AvgIpc) is 2.54. The Morgan fingerprint density at radius 1 is 1.48 bits per heavy atom. The normalized spacial score (nSPS) is 17.7. The van der Waals surface area contributed by atoms with Crippen LogP contribution < -0.4 is 5.32 Å². The number of benzene rings is 1. The molecule has 1 aromatic rings. The van der Waals surface area contributed by atoms with Gasteiger partial charge in [-0.2, -0.15) is 0 Å². The first-order chi connectivity index (χ1) is 10.1. The molecule has 1 aromatic carbocycles. The van der Waals surface area contributed by atoms with E-state index in [0.29, 0.717) is 18.8 Å². The van der Waals surface area contributed by atoms with Crippen molar-refractivity contribution in [2.45, 2.75) is 12.8 Å². The van der Waals surface area contributed by atoms with Crippen LogP contribution >= 0.6 is 0 Å². The molecule has 1 fully saturated rings. The van der Waals surface area contributed by atoms with E-state index in [9.17, 15) is 9.59 Å². The molecule has 1 saturated heterocycles. The number of carbonyl (C=O) groups excluding carboxylic acids is 2. The number of nitrogens with zero attached hydrogens (tertiary/aromatic N) is 1. The highest BCUT2D eigenvalue weighted by atomic mass is 16.2. The fourth-order valence-corrected chi connectivity index (χ4v) is 2.45. The fourth-order valence-electron chi connectivity index (χ4n) is 2.45. The van der Waals surface area contributed by atoms with Gasteiger partial charge in [-0.25, -0.2) is 0 Å². The van der Waals surface area contributed by atoms with E-state index in [0.717, 1.165) is 18.4 Å². The number of piperidine rings is 1. The summed E-state index contributed by atoms with van der Waals surface area (Å²) in [6.07, 6.45) is 8.23. The van der Waals surface area contributed by atoms with Gasteiger partial charge in [0.05, 0.1) is 5.92 Å². The number of carbonyl (C=O) groups is 2. The molecule has 0 aliphatic carbocycles. The number of hydrogen-bond donors (Lipinski definition) is 1. The van der Waals surface area contributed by atoms with Crippen molar-refractivity contribution in [2.24, 2.45) is 5.92 Å². The molecule has 21 heavy (non-hydrogen) atoms. The maximum absolute atomic E-state index is 12.3. The Bertz CT molecular complexity index is 601. The quantitative estimate of drug-likeness (QED) is 0.681. The van der Waals surface area contributed by atoms with Gasteiger partial charge in [0.25, 0.3) is 0 Å². The van der Waals surface area contributed by atoms with Crippen molar-refractivity contribution in [1.82, 2.24) is 4.90 Å². The van der Waals surface area contributed by atoms with E-state index < -0.39 is 0 Å². The molecular weight excluding hydrogens is 264 g/mol. The summed E-state index contributed by atoms with van der Waals surface area (Å²) in [6, 6.07) is 7.17. The first-order valence-corrected chi connectivity index (χ1v) is 6.93. The number of rotatable bonds is 3.